The second-order valence-corrected chi connectivity index (χ2v) is 9.46. The van der Waals surface area contributed by atoms with Crippen molar-refractivity contribution in [3.8, 4) is 51.6 Å². The van der Waals surface area contributed by atoms with E-state index in [1.165, 1.54) is 30.7 Å². The van der Waals surface area contributed by atoms with Crippen LogP contribution in [0.2, 0.25) is 0 Å². The number of hydrogen-bond donors (Lipinski definition) is 8. The van der Waals surface area contributed by atoms with E-state index in [0.717, 1.165) is 50.3 Å². The molecule has 8 N–H and O–H groups in total. The number of carbonyl (C=O) groups is 1. The number of phenolic OH excluding ortho intramolecular Hbond substituents is 7. The Morgan fingerprint density at radius 1 is 0.732 bits per heavy atom. The van der Waals surface area contributed by atoms with E-state index in [9.17, 15) is 45.3 Å². The molecular formula is C30H32O11. The lowest BCUT2D eigenvalue weighted by Crippen LogP contribution is -2.03. The molecule has 3 aromatic carbocycles. The summed E-state index contributed by atoms with van der Waals surface area (Å²) in [5.41, 5.74) is -0.0827. The van der Waals surface area contributed by atoms with Gasteiger partial charge in [0, 0.05) is 29.3 Å². The Bertz CT molecular complexity index is 1610. The van der Waals surface area contributed by atoms with Gasteiger partial charge in [-0.05, 0) is 37.1 Å². The van der Waals surface area contributed by atoms with Crippen molar-refractivity contribution in [3.05, 3.63) is 63.8 Å². The number of unbranched alkanes of at least 4 members (excludes halogenated alkanes) is 5. The highest BCUT2D eigenvalue weighted by molar-refractivity contribution is 5.91. The van der Waals surface area contributed by atoms with Crippen LogP contribution in [-0.4, -0.2) is 46.8 Å². The molecule has 218 valence electrons. The van der Waals surface area contributed by atoms with Crippen LogP contribution in [0.15, 0.2) is 51.7 Å². The molecule has 41 heavy (non-hydrogen) atoms. The van der Waals surface area contributed by atoms with Crippen LogP contribution in [0.25, 0.3) is 22.3 Å². The van der Waals surface area contributed by atoms with Crippen molar-refractivity contribution in [3.63, 3.8) is 0 Å². The molecule has 0 bridgehead atoms. The van der Waals surface area contributed by atoms with Gasteiger partial charge in [0.05, 0.1) is 5.56 Å². The van der Waals surface area contributed by atoms with Crippen LogP contribution in [0.4, 0.5) is 0 Å². The lowest BCUT2D eigenvalue weighted by Gasteiger charge is -2.11. The largest absolute Gasteiger partial charge is 0.508 e. The van der Waals surface area contributed by atoms with Gasteiger partial charge in [0.1, 0.15) is 28.2 Å². The van der Waals surface area contributed by atoms with E-state index in [2.05, 4.69) is 6.92 Å². The summed E-state index contributed by atoms with van der Waals surface area (Å²) in [7, 11) is 0. The molecule has 0 amide bonds. The van der Waals surface area contributed by atoms with Crippen LogP contribution in [0.3, 0.4) is 0 Å². The monoisotopic (exact) mass is 568 g/mol. The highest BCUT2D eigenvalue weighted by atomic mass is 16.4. The summed E-state index contributed by atoms with van der Waals surface area (Å²) in [6, 6.07) is 8.35. The Kier molecular flexibility index (Phi) is 9.91. The zero-order valence-corrected chi connectivity index (χ0v) is 22.3. The molecule has 0 fully saturated rings. The Hall–Kier alpha value is -5.06. The number of benzene rings is 3. The minimum atomic E-state index is -1.23. The van der Waals surface area contributed by atoms with Gasteiger partial charge in [-0.3, -0.25) is 4.79 Å². The fourth-order valence-electron chi connectivity index (χ4n) is 4.28. The Balaban J connectivity index is 0.000000226. The quantitative estimate of drug-likeness (QED) is 0.0908. The van der Waals surface area contributed by atoms with Crippen molar-refractivity contribution in [1.82, 2.24) is 0 Å². The zero-order chi connectivity index (χ0) is 30.3. The van der Waals surface area contributed by atoms with E-state index in [4.69, 9.17) is 9.52 Å². The molecule has 1 heterocycles. The minimum Gasteiger partial charge on any atom is -0.508 e. The van der Waals surface area contributed by atoms with Crippen molar-refractivity contribution in [2.45, 2.75) is 51.9 Å². The maximum absolute atomic E-state index is 12.0. The minimum absolute atomic E-state index is 0.0163. The van der Waals surface area contributed by atoms with Crippen LogP contribution in [-0.2, 0) is 6.42 Å². The van der Waals surface area contributed by atoms with Gasteiger partial charge in [0.25, 0.3) is 0 Å². The summed E-state index contributed by atoms with van der Waals surface area (Å²) < 4.78 is 5.47. The molecule has 4 rings (SSSR count). The number of phenols is 7. The molecule has 0 aliphatic rings. The van der Waals surface area contributed by atoms with Crippen LogP contribution >= 0.6 is 0 Å². The molecule has 0 saturated heterocycles. The standard InChI is InChI=1S/C15H10O6.C15H22O5/c16-8-4-11(19)15-12(20)6-13(21-14(15)5-8)7-1-2-9(17)10(18)3-7;1-2-3-4-5-6-7-8-10-11(15(19)20)9-12(16)14(18)13(10)17/h1-6,16-19H;9,16-18H,2-8H2,1H3,(H,19,20). The van der Waals surface area contributed by atoms with Crippen molar-refractivity contribution in [2.24, 2.45) is 0 Å². The Morgan fingerprint density at radius 3 is 2.07 bits per heavy atom. The van der Waals surface area contributed by atoms with Crippen LogP contribution in [0.5, 0.6) is 40.2 Å². The van der Waals surface area contributed by atoms with E-state index in [-0.39, 0.29) is 50.9 Å². The molecule has 0 atom stereocenters. The third-order valence-corrected chi connectivity index (χ3v) is 6.42. The summed E-state index contributed by atoms with van der Waals surface area (Å²) in [5, 5.41) is 75.5. The second kappa shape index (κ2) is 13.3. The lowest BCUT2D eigenvalue weighted by molar-refractivity contribution is 0.0694. The van der Waals surface area contributed by atoms with Crippen LogP contribution in [0.1, 0.15) is 61.4 Å². The average molecular weight is 569 g/mol. The number of carboxylic acid groups (broad SMARTS) is 1. The van der Waals surface area contributed by atoms with E-state index < -0.39 is 28.6 Å². The van der Waals surface area contributed by atoms with Gasteiger partial charge in [-0.25, -0.2) is 4.79 Å². The fourth-order valence-corrected chi connectivity index (χ4v) is 4.28. The number of fused-ring (bicyclic) bond motifs is 1. The first-order valence-corrected chi connectivity index (χ1v) is 13.0. The van der Waals surface area contributed by atoms with Gasteiger partial charge < -0.3 is 45.3 Å². The smallest absolute Gasteiger partial charge is 0.336 e. The topological polar surface area (TPSA) is 209 Å². The number of hydrogen-bond acceptors (Lipinski definition) is 10. The van der Waals surface area contributed by atoms with Gasteiger partial charge in [-0.1, -0.05) is 39.0 Å². The van der Waals surface area contributed by atoms with Gasteiger partial charge in [0.2, 0.25) is 5.75 Å². The normalized spacial score (nSPS) is 10.8. The predicted molar refractivity (Wildman–Crippen MR) is 150 cm³/mol. The van der Waals surface area contributed by atoms with Crippen molar-refractivity contribution in [2.75, 3.05) is 0 Å². The predicted octanol–water partition coefficient (Wildman–Crippen LogP) is 5.69. The van der Waals surface area contributed by atoms with E-state index in [1.807, 2.05) is 0 Å². The van der Waals surface area contributed by atoms with Gasteiger partial charge in [0.15, 0.2) is 28.4 Å². The first-order chi connectivity index (χ1) is 19.4. The summed E-state index contributed by atoms with van der Waals surface area (Å²) >= 11 is 0. The third kappa shape index (κ3) is 7.33. The molecule has 1 aromatic heterocycles. The molecule has 0 spiro atoms. The van der Waals surface area contributed by atoms with Crippen molar-refractivity contribution in [1.29, 1.82) is 0 Å². The number of rotatable bonds is 9. The molecule has 0 unspecified atom stereocenters. The maximum Gasteiger partial charge on any atom is 0.336 e. The van der Waals surface area contributed by atoms with Gasteiger partial charge >= 0.3 is 5.97 Å². The summed E-state index contributed by atoms with van der Waals surface area (Å²) in [6.45, 7) is 2.14. The maximum atomic E-state index is 12.0. The summed E-state index contributed by atoms with van der Waals surface area (Å²) in [5.74, 6) is -4.16. The van der Waals surface area contributed by atoms with Gasteiger partial charge in [-0.15, -0.1) is 0 Å². The molecule has 0 aliphatic heterocycles. The molecule has 4 aromatic rings. The zero-order valence-electron chi connectivity index (χ0n) is 22.3. The highest BCUT2D eigenvalue weighted by Gasteiger charge is 2.20. The Morgan fingerprint density at radius 2 is 1.41 bits per heavy atom. The van der Waals surface area contributed by atoms with E-state index in [1.54, 1.807) is 0 Å². The first kappa shape index (κ1) is 30.5. The summed E-state index contributed by atoms with van der Waals surface area (Å²) in [4.78, 5) is 23.2. The van der Waals surface area contributed by atoms with E-state index >= 15 is 0 Å². The SMILES string of the molecule is CCCCCCCCc1c(C(=O)O)cc(O)c(O)c1O.O=c1cc(-c2ccc(O)c(O)c2)oc2cc(O)cc(O)c12. The van der Waals surface area contributed by atoms with Gasteiger partial charge in [-0.2, -0.15) is 0 Å². The molecule has 11 nitrogen and oxygen atoms in total. The second-order valence-electron chi connectivity index (χ2n) is 9.46. The van der Waals surface area contributed by atoms with Crippen LogP contribution in [0, 0.1) is 0 Å². The third-order valence-electron chi connectivity index (χ3n) is 6.42. The molecule has 0 aliphatic carbocycles. The van der Waals surface area contributed by atoms with Crippen molar-refractivity contribution >= 4 is 16.9 Å². The summed E-state index contributed by atoms with van der Waals surface area (Å²) in [6.07, 6.45) is 6.62. The molecule has 0 radical (unpaired) electrons. The number of aromatic hydroxyl groups is 7. The molecule has 11 heteroatoms. The Labute approximate surface area is 234 Å². The highest BCUT2D eigenvalue weighted by Crippen LogP contribution is 2.40. The fraction of sp³-hybridized carbons (Fsp3) is 0.267. The molecular weight excluding hydrogens is 536 g/mol. The lowest BCUT2D eigenvalue weighted by atomic mass is 9.98. The van der Waals surface area contributed by atoms with Crippen LogP contribution < -0.4 is 5.43 Å². The molecule has 0 saturated carbocycles. The van der Waals surface area contributed by atoms with E-state index in [0.29, 0.717) is 12.0 Å². The first-order valence-electron chi connectivity index (χ1n) is 13.0. The van der Waals surface area contributed by atoms with Crippen molar-refractivity contribution < 1.29 is 50.1 Å². The number of aromatic carboxylic acids is 1. The average Bonchev–Trinajstić information content (AvgIpc) is 2.91. The number of carboxylic acids is 1.